The molecule has 1 aromatic heterocycles. The fraction of sp³-hybridized carbons (Fsp3) is 0.769. The molecule has 0 aliphatic heterocycles. The Labute approximate surface area is 92.7 Å². The molecular formula is C13H22N2. The third-order valence-corrected chi connectivity index (χ3v) is 3.82. The predicted octanol–water partition coefficient (Wildman–Crippen LogP) is 3.59. The van der Waals surface area contributed by atoms with Crippen LogP contribution >= 0.6 is 0 Å². The van der Waals surface area contributed by atoms with Gasteiger partial charge in [0.1, 0.15) is 5.82 Å². The second-order valence-electron chi connectivity index (χ2n) is 4.62. The summed E-state index contributed by atoms with van der Waals surface area (Å²) in [6.45, 7) is 4.52. The minimum absolute atomic E-state index is 0.723. The van der Waals surface area contributed by atoms with Gasteiger partial charge in [-0.15, -0.1) is 0 Å². The van der Waals surface area contributed by atoms with Gasteiger partial charge in [0, 0.05) is 24.9 Å². The molecule has 2 heteroatoms. The normalized spacial score (nSPS) is 26.8. The molecule has 1 fully saturated rings. The Morgan fingerprint density at radius 1 is 1.33 bits per heavy atom. The van der Waals surface area contributed by atoms with Crippen LogP contribution in [0.1, 0.15) is 57.8 Å². The van der Waals surface area contributed by atoms with Crippen molar-refractivity contribution in [2.24, 2.45) is 5.92 Å². The predicted molar refractivity (Wildman–Crippen MR) is 62.9 cm³/mol. The van der Waals surface area contributed by atoms with Crippen LogP contribution in [-0.4, -0.2) is 9.55 Å². The Morgan fingerprint density at radius 3 is 2.87 bits per heavy atom. The highest BCUT2D eigenvalue weighted by molar-refractivity contribution is 4.97. The summed E-state index contributed by atoms with van der Waals surface area (Å²) in [5, 5.41) is 0. The fourth-order valence-electron chi connectivity index (χ4n) is 2.95. The van der Waals surface area contributed by atoms with Crippen molar-refractivity contribution in [1.82, 2.24) is 9.55 Å². The van der Waals surface area contributed by atoms with E-state index in [2.05, 4.69) is 29.6 Å². The summed E-state index contributed by atoms with van der Waals surface area (Å²) in [6, 6.07) is 0.723. The van der Waals surface area contributed by atoms with Gasteiger partial charge < -0.3 is 4.57 Å². The highest BCUT2D eigenvalue weighted by Crippen LogP contribution is 2.36. The third-order valence-electron chi connectivity index (χ3n) is 3.82. The Morgan fingerprint density at radius 2 is 2.13 bits per heavy atom. The molecule has 0 saturated heterocycles. The van der Waals surface area contributed by atoms with E-state index in [4.69, 9.17) is 0 Å². The van der Waals surface area contributed by atoms with Crippen LogP contribution in [0.4, 0.5) is 0 Å². The van der Waals surface area contributed by atoms with Crippen molar-refractivity contribution in [3.05, 3.63) is 18.2 Å². The summed E-state index contributed by atoms with van der Waals surface area (Å²) in [7, 11) is 0. The van der Waals surface area contributed by atoms with Crippen molar-refractivity contribution in [3.8, 4) is 0 Å². The van der Waals surface area contributed by atoms with Gasteiger partial charge >= 0.3 is 0 Å². The number of hydrogen-bond acceptors (Lipinski definition) is 1. The van der Waals surface area contributed by atoms with Gasteiger partial charge in [0.25, 0.3) is 0 Å². The van der Waals surface area contributed by atoms with Crippen molar-refractivity contribution >= 4 is 0 Å². The smallest absolute Gasteiger partial charge is 0.108 e. The van der Waals surface area contributed by atoms with Crippen molar-refractivity contribution in [1.29, 1.82) is 0 Å². The monoisotopic (exact) mass is 206 g/mol. The molecule has 84 valence electrons. The van der Waals surface area contributed by atoms with Crippen LogP contribution < -0.4 is 0 Å². The molecule has 0 amide bonds. The maximum Gasteiger partial charge on any atom is 0.108 e. The molecule has 1 heterocycles. The lowest BCUT2D eigenvalue weighted by atomic mass is 9.82. The lowest BCUT2D eigenvalue weighted by molar-refractivity contribution is 0.228. The van der Waals surface area contributed by atoms with E-state index in [9.17, 15) is 0 Å². The van der Waals surface area contributed by atoms with E-state index in [1.807, 2.05) is 6.20 Å². The Balaban J connectivity index is 2.20. The molecule has 1 saturated carbocycles. The molecule has 2 nitrogen and oxygen atoms in total. The van der Waals surface area contributed by atoms with E-state index in [0.29, 0.717) is 0 Å². The molecule has 0 bridgehead atoms. The number of imidazole rings is 1. The summed E-state index contributed by atoms with van der Waals surface area (Å²) in [5.41, 5.74) is 0. The first kappa shape index (κ1) is 10.7. The average molecular weight is 206 g/mol. The van der Waals surface area contributed by atoms with Crippen LogP contribution in [0.25, 0.3) is 0 Å². The van der Waals surface area contributed by atoms with Crippen LogP contribution in [0.5, 0.6) is 0 Å². The highest BCUT2D eigenvalue weighted by Gasteiger charge is 2.25. The SMILES string of the molecule is CCc1nccn1C1CCCCC1CC. The van der Waals surface area contributed by atoms with Gasteiger partial charge in [0.2, 0.25) is 0 Å². The van der Waals surface area contributed by atoms with E-state index in [1.54, 1.807) is 0 Å². The van der Waals surface area contributed by atoms with Crippen LogP contribution in [0, 0.1) is 5.92 Å². The minimum atomic E-state index is 0.723. The molecule has 0 N–H and O–H groups in total. The highest BCUT2D eigenvalue weighted by atomic mass is 15.1. The number of aromatic nitrogens is 2. The topological polar surface area (TPSA) is 17.8 Å². The van der Waals surface area contributed by atoms with E-state index < -0.39 is 0 Å². The summed E-state index contributed by atoms with van der Waals surface area (Å²) < 4.78 is 2.44. The summed E-state index contributed by atoms with van der Waals surface area (Å²) in [5.74, 6) is 2.14. The average Bonchev–Trinajstić information content (AvgIpc) is 2.76. The zero-order valence-corrected chi connectivity index (χ0v) is 9.95. The molecule has 0 spiro atoms. The van der Waals surface area contributed by atoms with Gasteiger partial charge in [-0.3, -0.25) is 0 Å². The Hall–Kier alpha value is -0.790. The maximum absolute atomic E-state index is 4.44. The lowest BCUT2D eigenvalue weighted by Crippen LogP contribution is -2.23. The van der Waals surface area contributed by atoms with Crippen LogP contribution in [-0.2, 0) is 6.42 Å². The van der Waals surface area contributed by atoms with Crippen molar-refractivity contribution in [2.45, 2.75) is 58.4 Å². The molecule has 2 unspecified atom stereocenters. The van der Waals surface area contributed by atoms with Crippen LogP contribution in [0.2, 0.25) is 0 Å². The van der Waals surface area contributed by atoms with Gasteiger partial charge in [-0.25, -0.2) is 4.98 Å². The summed E-state index contributed by atoms with van der Waals surface area (Å²) in [6.07, 6.45) is 12.1. The first-order chi connectivity index (χ1) is 7.36. The molecule has 1 aliphatic carbocycles. The number of nitrogens with zero attached hydrogens (tertiary/aromatic N) is 2. The van der Waals surface area contributed by atoms with Gasteiger partial charge in [0.05, 0.1) is 0 Å². The van der Waals surface area contributed by atoms with E-state index >= 15 is 0 Å². The van der Waals surface area contributed by atoms with Crippen molar-refractivity contribution < 1.29 is 0 Å². The molecular weight excluding hydrogens is 184 g/mol. The molecule has 1 aromatic rings. The van der Waals surface area contributed by atoms with E-state index in [0.717, 1.165) is 18.4 Å². The second kappa shape index (κ2) is 4.82. The van der Waals surface area contributed by atoms with Gasteiger partial charge in [-0.05, 0) is 18.8 Å². The molecule has 15 heavy (non-hydrogen) atoms. The largest absolute Gasteiger partial charge is 0.332 e. The summed E-state index contributed by atoms with van der Waals surface area (Å²) >= 11 is 0. The Bertz CT molecular complexity index is 303. The van der Waals surface area contributed by atoms with Crippen LogP contribution in [0.15, 0.2) is 12.4 Å². The standard InChI is InChI=1S/C13H22N2/c1-3-11-7-5-6-8-12(11)15-10-9-14-13(15)4-2/h9-12H,3-8H2,1-2H3. The zero-order chi connectivity index (χ0) is 10.7. The zero-order valence-electron chi connectivity index (χ0n) is 9.95. The van der Waals surface area contributed by atoms with E-state index in [-0.39, 0.29) is 0 Å². The quantitative estimate of drug-likeness (QED) is 0.739. The number of hydrogen-bond donors (Lipinski definition) is 0. The third kappa shape index (κ3) is 2.09. The first-order valence-electron chi connectivity index (χ1n) is 6.38. The molecule has 0 aromatic carbocycles. The first-order valence-corrected chi connectivity index (χ1v) is 6.38. The lowest BCUT2D eigenvalue weighted by Gasteiger charge is -2.32. The Kier molecular flexibility index (Phi) is 3.45. The van der Waals surface area contributed by atoms with Gasteiger partial charge in [-0.1, -0.05) is 33.1 Å². The minimum Gasteiger partial charge on any atom is -0.332 e. The van der Waals surface area contributed by atoms with Crippen molar-refractivity contribution in [2.75, 3.05) is 0 Å². The van der Waals surface area contributed by atoms with Gasteiger partial charge in [0.15, 0.2) is 0 Å². The van der Waals surface area contributed by atoms with E-state index in [1.165, 1.54) is 37.9 Å². The summed E-state index contributed by atoms with van der Waals surface area (Å²) in [4.78, 5) is 4.44. The number of aryl methyl sites for hydroxylation is 1. The maximum atomic E-state index is 4.44. The van der Waals surface area contributed by atoms with Crippen molar-refractivity contribution in [3.63, 3.8) is 0 Å². The molecule has 2 rings (SSSR count). The molecule has 0 radical (unpaired) electrons. The molecule has 2 atom stereocenters. The fourth-order valence-corrected chi connectivity index (χ4v) is 2.95. The van der Waals surface area contributed by atoms with Crippen LogP contribution in [0.3, 0.4) is 0 Å². The molecule has 1 aliphatic rings. The van der Waals surface area contributed by atoms with Gasteiger partial charge in [-0.2, -0.15) is 0 Å². The second-order valence-corrected chi connectivity index (χ2v) is 4.62. The number of rotatable bonds is 3.